The molecule has 96 valence electrons. The quantitative estimate of drug-likeness (QED) is 0.927. The maximum atomic E-state index is 11.9. The smallest absolute Gasteiger partial charge is 0.238 e. The number of halogens is 1. The third-order valence-electron chi connectivity index (χ3n) is 2.17. The van der Waals surface area contributed by atoms with Gasteiger partial charge in [0.05, 0.1) is 5.75 Å². The summed E-state index contributed by atoms with van der Waals surface area (Å²) in [4.78, 5) is 0. The van der Waals surface area contributed by atoms with Crippen LogP contribution in [0.3, 0.4) is 0 Å². The van der Waals surface area contributed by atoms with E-state index >= 15 is 0 Å². The lowest BCUT2D eigenvalue weighted by molar-refractivity contribution is 0.306. The summed E-state index contributed by atoms with van der Waals surface area (Å²) in [5, 5.41) is 6.97. The molecular weight excluding hydrogens is 322 g/mol. The van der Waals surface area contributed by atoms with Gasteiger partial charge in [0, 0.05) is 4.47 Å². The Morgan fingerprint density at radius 3 is 2.50 bits per heavy atom. The first-order valence-corrected chi connectivity index (χ1v) is 7.45. The monoisotopic (exact) mass is 331 g/mol. The second kappa shape index (κ2) is 5.07. The largest absolute Gasteiger partial charge is 0.263 e. The third kappa shape index (κ3) is 3.30. The Kier molecular flexibility index (Phi) is 3.67. The van der Waals surface area contributed by atoms with Gasteiger partial charge in [0.15, 0.2) is 0 Å². The molecule has 1 heterocycles. The average Bonchev–Trinajstić information content (AvgIpc) is 2.67. The van der Waals surface area contributed by atoms with Gasteiger partial charge in [-0.25, -0.2) is 13.0 Å². The Bertz CT molecular complexity index is 637. The van der Waals surface area contributed by atoms with Gasteiger partial charge < -0.3 is 0 Å². The van der Waals surface area contributed by atoms with Crippen LogP contribution in [0.1, 0.15) is 11.3 Å². The molecule has 0 spiro atoms. The van der Waals surface area contributed by atoms with Crippen molar-refractivity contribution >= 4 is 31.8 Å². The van der Waals surface area contributed by atoms with Crippen LogP contribution in [0.5, 0.6) is 0 Å². The zero-order valence-corrected chi connectivity index (χ0v) is 11.8. The van der Waals surface area contributed by atoms with Crippen molar-refractivity contribution in [3.8, 4) is 0 Å². The van der Waals surface area contributed by atoms with Crippen molar-refractivity contribution in [1.82, 2.24) is 10.3 Å². The van der Waals surface area contributed by atoms with E-state index in [1.165, 1.54) is 0 Å². The molecule has 8 heteroatoms. The molecule has 0 atom stereocenters. The van der Waals surface area contributed by atoms with Gasteiger partial charge >= 0.3 is 0 Å². The van der Waals surface area contributed by atoms with E-state index in [4.69, 9.17) is 0 Å². The highest BCUT2D eigenvalue weighted by atomic mass is 79.9. The maximum Gasteiger partial charge on any atom is 0.238 e. The zero-order valence-electron chi connectivity index (χ0n) is 9.42. The molecular formula is C10H10BrN3O3S. The first kappa shape index (κ1) is 13.0. The molecule has 0 radical (unpaired) electrons. The first-order chi connectivity index (χ1) is 8.46. The second-order valence-electron chi connectivity index (χ2n) is 3.69. The highest BCUT2D eigenvalue weighted by molar-refractivity contribution is 9.10. The van der Waals surface area contributed by atoms with Crippen LogP contribution in [0.25, 0.3) is 0 Å². The van der Waals surface area contributed by atoms with Gasteiger partial charge in [-0.05, 0) is 29.8 Å². The van der Waals surface area contributed by atoms with Gasteiger partial charge in [-0.1, -0.05) is 33.2 Å². The molecule has 0 aliphatic carbocycles. The minimum absolute atomic E-state index is 0.118. The predicted octanol–water partition coefficient (Wildman–Crippen LogP) is 2.08. The number of hydrogen-bond donors (Lipinski definition) is 1. The number of nitrogens with one attached hydrogen (secondary N) is 1. The summed E-state index contributed by atoms with van der Waals surface area (Å²) >= 11 is 3.29. The van der Waals surface area contributed by atoms with Crippen LogP contribution in [0, 0.1) is 6.92 Å². The van der Waals surface area contributed by atoms with E-state index in [1.54, 1.807) is 31.2 Å². The Balaban J connectivity index is 2.13. The van der Waals surface area contributed by atoms with Crippen molar-refractivity contribution in [3.05, 3.63) is 40.0 Å². The van der Waals surface area contributed by atoms with Crippen molar-refractivity contribution in [1.29, 1.82) is 0 Å². The number of nitrogens with zero attached hydrogens (tertiary/aromatic N) is 2. The summed E-state index contributed by atoms with van der Waals surface area (Å²) in [6.45, 7) is 1.61. The van der Waals surface area contributed by atoms with E-state index in [2.05, 4.69) is 35.6 Å². The normalized spacial score (nSPS) is 11.4. The lowest BCUT2D eigenvalue weighted by Gasteiger charge is -2.05. The number of benzene rings is 1. The fourth-order valence-electron chi connectivity index (χ4n) is 1.31. The number of hydrogen-bond acceptors (Lipinski definition) is 5. The summed E-state index contributed by atoms with van der Waals surface area (Å²) in [6.07, 6.45) is 0. The van der Waals surface area contributed by atoms with Crippen LogP contribution >= 0.6 is 15.9 Å². The van der Waals surface area contributed by atoms with E-state index < -0.39 is 10.0 Å². The minimum Gasteiger partial charge on any atom is -0.263 e. The number of rotatable bonds is 4. The third-order valence-corrected chi connectivity index (χ3v) is 3.92. The molecule has 0 saturated heterocycles. The minimum atomic E-state index is -3.52. The van der Waals surface area contributed by atoms with Crippen molar-refractivity contribution in [3.63, 3.8) is 0 Å². The van der Waals surface area contributed by atoms with Crippen LogP contribution in [-0.2, 0) is 15.8 Å². The van der Waals surface area contributed by atoms with Gasteiger partial charge in [0.1, 0.15) is 5.69 Å². The van der Waals surface area contributed by atoms with E-state index in [9.17, 15) is 8.42 Å². The van der Waals surface area contributed by atoms with Gasteiger partial charge in [0.25, 0.3) is 0 Å². The summed E-state index contributed by atoms with van der Waals surface area (Å²) in [5.41, 5.74) is 1.08. The van der Waals surface area contributed by atoms with Crippen LogP contribution in [0.4, 0.5) is 5.82 Å². The molecule has 0 unspecified atom stereocenters. The van der Waals surface area contributed by atoms with Crippen molar-refractivity contribution in [2.24, 2.45) is 0 Å². The van der Waals surface area contributed by atoms with E-state index in [-0.39, 0.29) is 11.6 Å². The Hall–Kier alpha value is -1.41. The summed E-state index contributed by atoms with van der Waals surface area (Å²) in [7, 11) is -3.52. The van der Waals surface area contributed by atoms with Gasteiger partial charge in [-0.3, -0.25) is 4.72 Å². The number of aryl methyl sites for hydroxylation is 1. The van der Waals surface area contributed by atoms with Crippen molar-refractivity contribution < 1.29 is 13.0 Å². The SMILES string of the molecule is Cc1nonc1NS(=O)(=O)Cc1ccc(Br)cc1. The standard InChI is InChI=1S/C10H10BrN3O3S/c1-7-10(13-17-12-7)14-18(15,16)6-8-2-4-9(11)5-3-8/h2-5H,6H2,1H3,(H,13,14). The number of sulfonamides is 1. The van der Waals surface area contributed by atoms with Crippen LogP contribution in [0.15, 0.2) is 33.4 Å². The molecule has 0 fully saturated rings. The second-order valence-corrected chi connectivity index (χ2v) is 6.32. The number of anilines is 1. The van der Waals surface area contributed by atoms with E-state index in [1.807, 2.05) is 0 Å². The lowest BCUT2D eigenvalue weighted by atomic mass is 10.2. The topological polar surface area (TPSA) is 85.1 Å². The summed E-state index contributed by atoms with van der Waals surface area (Å²) < 4.78 is 31.4. The van der Waals surface area contributed by atoms with Gasteiger partial charge in [0.2, 0.25) is 15.8 Å². The lowest BCUT2D eigenvalue weighted by Crippen LogP contribution is -2.15. The van der Waals surface area contributed by atoms with Crippen molar-refractivity contribution in [2.75, 3.05) is 4.72 Å². The zero-order chi connectivity index (χ0) is 13.2. The molecule has 0 saturated carbocycles. The fraction of sp³-hybridized carbons (Fsp3) is 0.200. The van der Waals surface area contributed by atoms with Crippen LogP contribution in [-0.4, -0.2) is 18.7 Å². The van der Waals surface area contributed by atoms with Gasteiger partial charge in [-0.15, -0.1) is 0 Å². The molecule has 6 nitrogen and oxygen atoms in total. The molecule has 0 amide bonds. The first-order valence-electron chi connectivity index (χ1n) is 5.00. The molecule has 1 aromatic carbocycles. The van der Waals surface area contributed by atoms with E-state index in [0.29, 0.717) is 11.3 Å². The molecule has 0 aliphatic rings. The summed E-state index contributed by atoms with van der Waals surface area (Å²) in [5.74, 6) is -0.0147. The highest BCUT2D eigenvalue weighted by Crippen LogP contribution is 2.15. The molecule has 18 heavy (non-hydrogen) atoms. The van der Waals surface area contributed by atoms with Gasteiger partial charge in [-0.2, -0.15) is 0 Å². The van der Waals surface area contributed by atoms with Crippen LogP contribution in [0.2, 0.25) is 0 Å². The molecule has 2 rings (SSSR count). The average molecular weight is 332 g/mol. The predicted molar refractivity (Wildman–Crippen MR) is 69.4 cm³/mol. The fourth-order valence-corrected chi connectivity index (χ4v) is 2.76. The van der Waals surface area contributed by atoms with E-state index in [0.717, 1.165) is 4.47 Å². The van der Waals surface area contributed by atoms with Crippen LogP contribution < -0.4 is 4.72 Å². The highest BCUT2D eigenvalue weighted by Gasteiger charge is 2.16. The summed E-state index contributed by atoms with van der Waals surface area (Å²) in [6, 6.07) is 7.04. The Labute approximate surface area is 113 Å². The molecule has 2 aromatic rings. The molecule has 0 bridgehead atoms. The molecule has 1 N–H and O–H groups in total. The Morgan fingerprint density at radius 2 is 1.94 bits per heavy atom. The maximum absolute atomic E-state index is 11.9. The van der Waals surface area contributed by atoms with Crippen molar-refractivity contribution in [2.45, 2.75) is 12.7 Å². The number of aromatic nitrogens is 2. The molecule has 0 aliphatic heterocycles. The Morgan fingerprint density at radius 1 is 1.28 bits per heavy atom. The molecule has 1 aromatic heterocycles.